The van der Waals surface area contributed by atoms with Crippen molar-refractivity contribution >= 4 is 23.6 Å². The summed E-state index contributed by atoms with van der Waals surface area (Å²) in [6.45, 7) is 17.0. The number of amides is 1. The van der Waals surface area contributed by atoms with E-state index in [2.05, 4.69) is 33.0 Å². The number of fused-ring (bicyclic) bond motifs is 4. The molecule has 0 aromatic carbocycles. The standard InChI is InChI=1S/C46H70N2O7/c1-9-32-16-17-36-41-40(30(2)3)37(50)27-45(41,39(51)29-48(28-34-13-12-26-53-34)42(52)55-43(5,6)7)24-23-44(36,8)21-18-33(32)19-22-46-20-10-15-38(54-31(4)49)35(46)14-11-25-47-46/h12-13,26,30,32-33,35-36,38,47H,9-11,14-25,27-29H2,1-8H3/t32-,33-,35-,36+,38-,44+,45-,46+/m0/s1. The van der Waals surface area contributed by atoms with E-state index in [1.54, 1.807) is 25.3 Å². The van der Waals surface area contributed by atoms with Crippen LogP contribution < -0.4 is 5.32 Å². The van der Waals surface area contributed by atoms with Crippen LogP contribution in [0.2, 0.25) is 0 Å². The fourth-order valence-corrected chi connectivity index (χ4v) is 12.1. The number of carbonyl (C=O) groups excluding carboxylic acids is 4. The molecule has 5 aliphatic rings. The van der Waals surface area contributed by atoms with Gasteiger partial charge in [0.05, 0.1) is 24.8 Å². The monoisotopic (exact) mass is 763 g/mol. The lowest BCUT2D eigenvalue weighted by atomic mass is 9.51. The number of allylic oxidation sites excluding steroid dienone is 2. The van der Waals surface area contributed by atoms with Gasteiger partial charge in [0.25, 0.3) is 0 Å². The van der Waals surface area contributed by atoms with Crippen LogP contribution in [0.25, 0.3) is 0 Å². The maximum absolute atomic E-state index is 15.0. The Morgan fingerprint density at radius 3 is 2.47 bits per heavy atom. The number of carbonyl (C=O) groups is 4. The molecule has 0 spiro atoms. The Morgan fingerprint density at radius 2 is 1.80 bits per heavy atom. The quantitative estimate of drug-likeness (QED) is 0.222. The average Bonchev–Trinajstić information content (AvgIpc) is 3.73. The van der Waals surface area contributed by atoms with Gasteiger partial charge in [-0.2, -0.15) is 0 Å². The minimum Gasteiger partial charge on any atom is -0.467 e. The zero-order chi connectivity index (χ0) is 39.8. The first-order chi connectivity index (χ1) is 26.0. The Kier molecular flexibility index (Phi) is 12.5. The van der Waals surface area contributed by atoms with E-state index < -0.39 is 17.1 Å². The fourth-order valence-electron chi connectivity index (χ4n) is 12.1. The molecule has 1 amide bonds. The van der Waals surface area contributed by atoms with Crippen molar-refractivity contribution in [2.24, 2.45) is 40.4 Å². The van der Waals surface area contributed by atoms with Gasteiger partial charge in [-0.3, -0.25) is 19.3 Å². The molecule has 6 rings (SSSR count). The van der Waals surface area contributed by atoms with Crippen molar-refractivity contribution in [3.05, 3.63) is 35.3 Å². The molecular formula is C46H70N2O7. The zero-order valence-corrected chi connectivity index (χ0v) is 35.2. The summed E-state index contributed by atoms with van der Waals surface area (Å²) in [5.41, 5.74) is 0.376. The van der Waals surface area contributed by atoms with Crippen LogP contribution in [0.4, 0.5) is 4.79 Å². The highest BCUT2D eigenvalue weighted by molar-refractivity contribution is 6.08. The van der Waals surface area contributed by atoms with Gasteiger partial charge in [0.15, 0.2) is 11.6 Å². The van der Waals surface area contributed by atoms with Gasteiger partial charge in [-0.15, -0.1) is 0 Å². The molecule has 2 heterocycles. The molecule has 1 aliphatic heterocycles. The van der Waals surface area contributed by atoms with E-state index in [9.17, 15) is 19.2 Å². The Hall–Kier alpha value is -2.94. The lowest BCUT2D eigenvalue weighted by Crippen LogP contribution is -2.60. The summed E-state index contributed by atoms with van der Waals surface area (Å²) in [5.74, 6) is 2.20. The number of rotatable bonds is 11. The fraction of sp³-hybridized carbons (Fsp3) is 0.783. The number of nitrogens with one attached hydrogen (secondary N) is 1. The molecule has 1 aromatic rings. The number of ether oxygens (including phenoxy) is 2. The summed E-state index contributed by atoms with van der Waals surface area (Å²) in [5, 5.41) is 3.99. The normalized spacial score (nSPS) is 33.9. The molecule has 1 aromatic heterocycles. The Labute approximate surface area is 330 Å². The van der Waals surface area contributed by atoms with Crippen molar-refractivity contribution in [1.82, 2.24) is 10.2 Å². The molecule has 8 atom stereocenters. The minimum atomic E-state index is -0.898. The smallest absolute Gasteiger partial charge is 0.411 e. The van der Waals surface area contributed by atoms with E-state index in [0.29, 0.717) is 29.9 Å². The third kappa shape index (κ3) is 8.67. The summed E-state index contributed by atoms with van der Waals surface area (Å²) in [6, 6.07) is 3.58. The van der Waals surface area contributed by atoms with Gasteiger partial charge >= 0.3 is 12.1 Å². The molecular weight excluding hydrogens is 693 g/mol. The van der Waals surface area contributed by atoms with Crippen LogP contribution in [-0.2, 0) is 30.4 Å². The zero-order valence-electron chi connectivity index (χ0n) is 35.2. The van der Waals surface area contributed by atoms with E-state index in [0.717, 1.165) is 94.7 Å². The lowest BCUT2D eigenvalue weighted by Gasteiger charge is -2.53. The summed E-state index contributed by atoms with van der Waals surface area (Å²) in [7, 11) is 0. The Bertz CT molecular complexity index is 1590. The van der Waals surface area contributed by atoms with Crippen LogP contribution in [0, 0.1) is 40.4 Å². The number of piperidine rings is 1. The minimum absolute atomic E-state index is 0.0159. The van der Waals surface area contributed by atoms with Crippen molar-refractivity contribution in [2.75, 3.05) is 13.1 Å². The highest BCUT2D eigenvalue weighted by Crippen LogP contribution is 2.63. The van der Waals surface area contributed by atoms with Crippen molar-refractivity contribution in [3.63, 3.8) is 0 Å². The molecule has 4 aliphatic carbocycles. The summed E-state index contributed by atoms with van der Waals surface area (Å²) in [6.07, 6.45) is 15.9. The highest BCUT2D eigenvalue weighted by atomic mass is 16.6. The molecule has 3 saturated carbocycles. The van der Waals surface area contributed by atoms with Gasteiger partial charge in [0.1, 0.15) is 17.5 Å². The molecule has 306 valence electrons. The molecule has 0 unspecified atom stereocenters. The third-order valence-electron chi connectivity index (χ3n) is 14.7. The first-order valence-corrected chi connectivity index (χ1v) is 21.7. The number of hydrogen-bond donors (Lipinski definition) is 1. The van der Waals surface area contributed by atoms with Crippen LogP contribution in [0.15, 0.2) is 34.0 Å². The van der Waals surface area contributed by atoms with Crippen molar-refractivity contribution < 1.29 is 33.1 Å². The number of hydrogen-bond acceptors (Lipinski definition) is 8. The van der Waals surface area contributed by atoms with Crippen LogP contribution in [0.1, 0.15) is 157 Å². The molecule has 1 N–H and O–H groups in total. The van der Waals surface area contributed by atoms with E-state index >= 15 is 0 Å². The van der Waals surface area contributed by atoms with Crippen LogP contribution in [0.3, 0.4) is 0 Å². The second-order valence-electron chi connectivity index (χ2n) is 19.7. The SMILES string of the molecule is CC[C@H]1CC[C@@H]2C3=C(C(C)C)C(=O)C[C@]3(C(=O)CN(Cc3ccco3)C(=O)OC(C)(C)C)CC[C@@]2(C)CC[C@H]1CC[C@]12CCC[C@H](OC(C)=O)[C@@H]1CCCN2. The predicted molar refractivity (Wildman–Crippen MR) is 213 cm³/mol. The summed E-state index contributed by atoms with van der Waals surface area (Å²) in [4.78, 5) is 56.2. The first-order valence-electron chi connectivity index (χ1n) is 21.7. The number of esters is 1. The topological polar surface area (TPSA) is 115 Å². The molecule has 4 fully saturated rings. The molecule has 9 nitrogen and oxygen atoms in total. The largest absolute Gasteiger partial charge is 0.467 e. The number of furan rings is 1. The van der Waals surface area contributed by atoms with Gasteiger partial charge in [-0.25, -0.2) is 4.79 Å². The van der Waals surface area contributed by atoms with Crippen LogP contribution in [0.5, 0.6) is 0 Å². The lowest BCUT2D eigenvalue weighted by molar-refractivity contribution is -0.155. The summed E-state index contributed by atoms with van der Waals surface area (Å²) < 4.78 is 17.3. The van der Waals surface area contributed by atoms with Crippen molar-refractivity contribution in [1.29, 1.82) is 0 Å². The molecule has 55 heavy (non-hydrogen) atoms. The van der Waals surface area contributed by atoms with E-state index in [4.69, 9.17) is 13.9 Å². The van der Waals surface area contributed by atoms with Crippen molar-refractivity contribution in [2.45, 2.75) is 175 Å². The summed E-state index contributed by atoms with van der Waals surface area (Å²) >= 11 is 0. The molecule has 9 heteroatoms. The van der Waals surface area contributed by atoms with Gasteiger partial charge in [0.2, 0.25) is 0 Å². The van der Waals surface area contributed by atoms with Crippen molar-refractivity contribution in [3.8, 4) is 0 Å². The maximum Gasteiger partial charge on any atom is 0.411 e. The second-order valence-corrected chi connectivity index (χ2v) is 19.7. The molecule has 0 radical (unpaired) electrons. The average molecular weight is 763 g/mol. The van der Waals surface area contributed by atoms with Crippen LogP contribution in [-0.4, -0.2) is 58.9 Å². The molecule has 1 saturated heterocycles. The van der Waals surface area contributed by atoms with E-state index in [-0.39, 0.29) is 65.9 Å². The molecule has 0 bridgehead atoms. The highest BCUT2D eigenvalue weighted by Gasteiger charge is 2.60. The second kappa shape index (κ2) is 16.5. The van der Waals surface area contributed by atoms with Gasteiger partial charge in [0, 0.05) is 24.8 Å². The number of ketones is 2. The third-order valence-corrected chi connectivity index (χ3v) is 14.7. The van der Waals surface area contributed by atoms with Gasteiger partial charge in [-0.05, 0) is 163 Å². The predicted octanol–water partition coefficient (Wildman–Crippen LogP) is 9.76. The van der Waals surface area contributed by atoms with E-state index in [1.807, 2.05) is 20.8 Å². The van der Waals surface area contributed by atoms with Gasteiger partial charge < -0.3 is 19.2 Å². The Morgan fingerprint density at radius 1 is 1.02 bits per heavy atom. The van der Waals surface area contributed by atoms with E-state index in [1.165, 1.54) is 11.3 Å². The Balaban J connectivity index is 1.25. The van der Waals surface area contributed by atoms with Gasteiger partial charge in [-0.1, -0.05) is 34.1 Å². The number of nitrogens with zero attached hydrogens (tertiary/aromatic N) is 1. The van der Waals surface area contributed by atoms with Crippen LogP contribution >= 0.6 is 0 Å². The number of Topliss-reactive ketones (excluding diaryl/α,β-unsaturated/α-hetero) is 2. The first kappa shape index (κ1) is 41.7. The maximum atomic E-state index is 15.0.